The van der Waals surface area contributed by atoms with E-state index >= 15 is 0 Å². The number of aliphatic hydroxyl groups is 1. The number of carbonyl (C=O) groups is 2. The minimum atomic E-state index is -0.935. The molecule has 198 valence electrons. The van der Waals surface area contributed by atoms with E-state index in [1.165, 1.54) is 0 Å². The van der Waals surface area contributed by atoms with Crippen molar-refractivity contribution in [3.63, 3.8) is 0 Å². The average Bonchev–Trinajstić information content (AvgIpc) is 3.44. The molecule has 5 aliphatic rings. The summed E-state index contributed by atoms with van der Waals surface area (Å²) < 4.78 is 24.3. The number of epoxide rings is 1. The fraction of sp³-hybridized carbons (Fsp3) is 0.923. The minimum absolute atomic E-state index is 0.0524. The van der Waals surface area contributed by atoms with E-state index in [-0.39, 0.29) is 48.3 Å². The van der Waals surface area contributed by atoms with Crippen molar-refractivity contribution in [2.75, 3.05) is 6.54 Å². The molecular formula is C26H43N2O7+. The molecule has 35 heavy (non-hydrogen) atoms. The van der Waals surface area contributed by atoms with Crippen LogP contribution < -0.4 is 11.1 Å². The third-order valence-corrected chi connectivity index (χ3v) is 9.22. The lowest BCUT2D eigenvalue weighted by Gasteiger charge is -2.53. The summed E-state index contributed by atoms with van der Waals surface area (Å²) in [5.41, 5.74) is 4.41. The number of hydrogen-bond donors (Lipinski definition) is 3. The zero-order chi connectivity index (χ0) is 25.1. The van der Waals surface area contributed by atoms with Gasteiger partial charge in [0.15, 0.2) is 5.60 Å². The molecule has 0 aromatic rings. The van der Waals surface area contributed by atoms with Crippen LogP contribution in [0.4, 0.5) is 0 Å². The summed E-state index contributed by atoms with van der Waals surface area (Å²) in [6, 6.07) is 0. The SMILES string of the molecule is CC1CC(=O)C2C(CC3OC(C)(C)C(OC(=O)C4(C)OC4CCC4CC[NH2+]C(N)C4)CC3C2O)O1. The smallest absolute Gasteiger partial charge is 0.341 e. The number of piperidine rings is 1. The predicted molar refractivity (Wildman–Crippen MR) is 125 cm³/mol. The van der Waals surface area contributed by atoms with Gasteiger partial charge in [-0.05, 0) is 59.3 Å². The molecular weight excluding hydrogens is 452 g/mol. The van der Waals surface area contributed by atoms with E-state index in [1.807, 2.05) is 20.8 Å². The third-order valence-electron chi connectivity index (χ3n) is 9.22. The third kappa shape index (κ3) is 4.92. The Morgan fingerprint density at radius 3 is 2.69 bits per heavy atom. The highest BCUT2D eigenvalue weighted by molar-refractivity contribution is 5.84. The molecule has 11 atom stereocenters. The van der Waals surface area contributed by atoms with Gasteiger partial charge < -0.3 is 29.4 Å². The molecule has 0 aromatic heterocycles. The number of ketones is 1. The Morgan fingerprint density at radius 1 is 1.17 bits per heavy atom. The number of hydrogen-bond acceptors (Lipinski definition) is 8. The molecule has 5 fully saturated rings. The second kappa shape index (κ2) is 9.33. The molecule has 0 bridgehead atoms. The Morgan fingerprint density at radius 2 is 1.94 bits per heavy atom. The number of aliphatic hydroxyl groups excluding tert-OH is 1. The van der Waals surface area contributed by atoms with Gasteiger partial charge in [-0.15, -0.1) is 0 Å². The lowest BCUT2D eigenvalue weighted by molar-refractivity contribution is -0.699. The van der Waals surface area contributed by atoms with Gasteiger partial charge in [-0.1, -0.05) is 0 Å². The summed E-state index contributed by atoms with van der Waals surface area (Å²) in [4.78, 5) is 25.9. The van der Waals surface area contributed by atoms with E-state index in [1.54, 1.807) is 6.92 Å². The Hall–Kier alpha value is -1.10. The van der Waals surface area contributed by atoms with E-state index in [0.29, 0.717) is 25.2 Å². The topological polar surface area (TPSA) is 137 Å². The van der Waals surface area contributed by atoms with Crippen molar-refractivity contribution in [2.24, 2.45) is 23.5 Å². The van der Waals surface area contributed by atoms with E-state index in [2.05, 4.69) is 5.32 Å². The van der Waals surface area contributed by atoms with Crippen molar-refractivity contribution in [1.82, 2.24) is 0 Å². The van der Waals surface area contributed by atoms with Crippen LogP contribution in [0.3, 0.4) is 0 Å². The number of nitrogens with two attached hydrogens (primary N) is 2. The van der Waals surface area contributed by atoms with E-state index in [0.717, 1.165) is 32.2 Å². The fourth-order valence-corrected chi connectivity index (χ4v) is 6.99. The Balaban J connectivity index is 1.19. The molecule has 9 nitrogen and oxygen atoms in total. The van der Waals surface area contributed by atoms with Crippen LogP contribution in [0.15, 0.2) is 0 Å². The highest BCUT2D eigenvalue weighted by Gasteiger charge is 2.62. The van der Waals surface area contributed by atoms with Gasteiger partial charge in [-0.25, -0.2) is 4.79 Å². The van der Waals surface area contributed by atoms with Crippen LogP contribution in [-0.2, 0) is 28.5 Å². The van der Waals surface area contributed by atoms with Crippen LogP contribution in [0.1, 0.15) is 72.6 Å². The Bertz CT molecular complexity index is 837. The van der Waals surface area contributed by atoms with Crippen molar-refractivity contribution < 1.29 is 39.0 Å². The van der Waals surface area contributed by atoms with Crippen LogP contribution in [0.5, 0.6) is 0 Å². The maximum Gasteiger partial charge on any atom is 0.341 e. The average molecular weight is 496 g/mol. The van der Waals surface area contributed by atoms with Crippen molar-refractivity contribution >= 4 is 11.8 Å². The van der Waals surface area contributed by atoms with Crippen LogP contribution in [0.25, 0.3) is 0 Å². The molecule has 5 rings (SSSR count). The van der Waals surface area contributed by atoms with Crippen LogP contribution in [-0.4, -0.2) is 77.4 Å². The second-order valence-corrected chi connectivity index (χ2v) is 12.3. The van der Waals surface area contributed by atoms with Gasteiger partial charge in [0.1, 0.15) is 18.1 Å². The molecule has 0 radical (unpaired) electrons. The second-order valence-electron chi connectivity index (χ2n) is 12.3. The number of esters is 1. The molecule has 9 heteroatoms. The first-order valence-electron chi connectivity index (χ1n) is 13.5. The minimum Gasteiger partial charge on any atom is -0.457 e. The zero-order valence-electron chi connectivity index (χ0n) is 21.5. The molecule has 4 heterocycles. The van der Waals surface area contributed by atoms with Gasteiger partial charge in [0.25, 0.3) is 0 Å². The quantitative estimate of drug-likeness (QED) is 0.368. The molecule has 0 aromatic carbocycles. The summed E-state index contributed by atoms with van der Waals surface area (Å²) in [5, 5.41) is 13.3. The van der Waals surface area contributed by atoms with E-state index in [9.17, 15) is 14.7 Å². The van der Waals surface area contributed by atoms with Gasteiger partial charge in [-0.2, -0.15) is 0 Å². The zero-order valence-corrected chi connectivity index (χ0v) is 21.5. The van der Waals surface area contributed by atoms with Gasteiger partial charge >= 0.3 is 5.97 Å². The summed E-state index contributed by atoms with van der Waals surface area (Å²) in [6.07, 6.45) is 3.24. The molecule has 4 aliphatic heterocycles. The molecule has 0 spiro atoms. The molecule has 11 unspecified atom stereocenters. The largest absolute Gasteiger partial charge is 0.457 e. The monoisotopic (exact) mass is 495 g/mol. The number of quaternary nitrogens is 1. The van der Waals surface area contributed by atoms with Crippen molar-refractivity contribution in [3.8, 4) is 0 Å². The summed E-state index contributed by atoms with van der Waals surface area (Å²) in [5.74, 6) is -0.554. The fourth-order valence-electron chi connectivity index (χ4n) is 6.99. The first-order valence-corrected chi connectivity index (χ1v) is 13.5. The molecule has 1 aliphatic carbocycles. The van der Waals surface area contributed by atoms with Gasteiger partial charge in [-0.3, -0.25) is 10.5 Å². The lowest BCUT2D eigenvalue weighted by atomic mass is 9.67. The highest BCUT2D eigenvalue weighted by Crippen LogP contribution is 2.48. The Kier molecular flexibility index (Phi) is 6.81. The van der Waals surface area contributed by atoms with Gasteiger partial charge in [0, 0.05) is 25.2 Å². The van der Waals surface area contributed by atoms with Crippen LogP contribution in [0, 0.1) is 17.8 Å². The van der Waals surface area contributed by atoms with E-state index < -0.39 is 29.3 Å². The number of fused-ring (bicyclic) bond motifs is 2. The first-order chi connectivity index (χ1) is 16.5. The number of Topliss-reactive ketones (excluding diaryl/α,β-unsaturated/α-hetero) is 1. The predicted octanol–water partition coefficient (Wildman–Crippen LogP) is 0.405. The molecule has 5 N–H and O–H groups in total. The standard InChI is InChI=1S/C26H42N2O7/c1-13-9-16(29)22-18(32-13)12-17-15(23(22)30)11-20(25(2,3)34-17)33-24(31)26(4)19(35-26)6-5-14-7-8-28-21(27)10-14/h13-15,17-23,28,30H,5-12,27H2,1-4H3/p+1. The Labute approximate surface area is 207 Å². The highest BCUT2D eigenvalue weighted by atomic mass is 16.7. The lowest BCUT2D eigenvalue weighted by Crippen LogP contribution is -2.94. The van der Waals surface area contributed by atoms with Gasteiger partial charge in [0.05, 0.1) is 48.6 Å². The maximum absolute atomic E-state index is 13.2. The summed E-state index contributed by atoms with van der Waals surface area (Å²) in [7, 11) is 0. The molecule has 1 saturated carbocycles. The van der Waals surface area contributed by atoms with Crippen molar-refractivity contribution in [3.05, 3.63) is 0 Å². The summed E-state index contributed by atoms with van der Waals surface area (Å²) >= 11 is 0. The maximum atomic E-state index is 13.2. The van der Waals surface area contributed by atoms with Crippen molar-refractivity contribution in [1.29, 1.82) is 0 Å². The van der Waals surface area contributed by atoms with Crippen LogP contribution >= 0.6 is 0 Å². The van der Waals surface area contributed by atoms with Gasteiger partial charge in [0.2, 0.25) is 0 Å². The molecule has 4 saturated heterocycles. The number of ether oxygens (including phenoxy) is 4. The van der Waals surface area contributed by atoms with Crippen molar-refractivity contribution in [2.45, 2.75) is 127 Å². The number of carbonyl (C=O) groups excluding carboxylic acids is 2. The first kappa shape index (κ1) is 25.5. The van der Waals surface area contributed by atoms with Crippen LogP contribution in [0.2, 0.25) is 0 Å². The normalized spacial score (nSPS) is 49.0. The van der Waals surface area contributed by atoms with E-state index in [4.69, 9.17) is 24.7 Å². The summed E-state index contributed by atoms with van der Waals surface area (Å²) in [6.45, 7) is 8.60. The molecule has 0 amide bonds. The number of rotatable bonds is 5.